The van der Waals surface area contributed by atoms with Gasteiger partial charge in [-0.2, -0.15) is 4.31 Å². The second kappa shape index (κ2) is 10.9. The highest BCUT2D eigenvalue weighted by atomic mass is 35.5. The fraction of sp³-hybridized carbons (Fsp3) is 0.458. The molecule has 0 bridgehead atoms. The van der Waals surface area contributed by atoms with Gasteiger partial charge in [0.05, 0.1) is 29.5 Å². The summed E-state index contributed by atoms with van der Waals surface area (Å²) in [5, 5.41) is 3.41. The minimum absolute atomic E-state index is 0.171. The predicted molar refractivity (Wildman–Crippen MR) is 132 cm³/mol. The number of nitrogens with zero attached hydrogens (tertiary/aromatic N) is 2. The molecule has 184 valence electrons. The Bertz CT molecular complexity index is 1120. The predicted octanol–water partition coefficient (Wildman–Crippen LogP) is 3.76. The van der Waals surface area contributed by atoms with Crippen LogP contribution >= 0.6 is 11.6 Å². The molecule has 2 saturated heterocycles. The number of nitrogens with one attached hydrogen (secondary N) is 1. The van der Waals surface area contributed by atoms with Crippen LogP contribution < -0.4 is 15.0 Å². The van der Waals surface area contributed by atoms with E-state index in [2.05, 4.69) is 10.2 Å². The van der Waals surface area contributed by atoms with Crippen molar-refractivity contribution in [1.82, 2.24) is 4.31 Å². The molecule has 10 heteroatoms. The summed E-state index contributed by atoms with van der Waals surface area (Å²) in [7, 11) is -3.65. The third-order valence-corrected chi connectivity index (χ3v) is 8.14. The van der Waals surface area contributed by atoms with E-state index in [9.17, 15) is 13.2 Å². The second-order valence-electron chi connectivity index (χ2n) is 8.45. The maximum absolute atomic E-state index is 13.3. The van der Waals surface area contributed by atoms with Gasteiger partial charge in [-0.3, -0.25) is 4.79 Å². The minimum atomic E-state index is -3.65. The molecular formula is C24H30ClN3O5S. The lowest BCUT2D eigenvalue weighted by Gasteiger charge is -2.31. The van der Waals surface area contributed by atoms with Crippen LogP contribution in [-0.4, -0.2) is 64.1 Å². The van der Waals surface area contributed by atoms with Crippen molar-refractivity contribution in [3.05, 3.63) is 47.5 Å². The summed E-state index contributed by atoms with van der Waals surface area (Å²) in [6.07, 6.45) is 1.92. The number of sulfonamides is 1. The number of benzene rings is 2. The molecule has 34 heavy (non-hydrogen) atoms. The maximum Gasteiger partial charge on any atom is 0.265 e. The number of hydrogen-bond donors (Lipinski definition) is 1. The largest absolute Gasteiger partial charge is 0.481 e. The van der Waals surface area contributed by atoms with Gasteiger partial charge in [0.25, 0.3) is 5.91 Å². The first-order chi connectivity index (χ1) is 16.3. The topological polar surface area (TPSA) is 88.2 Å². The van der Waals surface area contributed by atoms with Crippen molar-refractivity contribution in [2.45, 2.75) is 37.2 Å². The zero-order valence-electron chi connectivity index (χ0n) is 19.2. The Morgan fingerprint density at radius 3 is 2.50 bits per heavy atom. The van der Waals surface area contributed by atoms with Crippen molar-refractivity contribution in [3.8, 4) is 5.75 Å². The van der Waals surface area contributed by atoms with Crippen LogP contribution in [0.3, 0.4) is 0 Å². The Morgan fingerprint density at radius 1 is 1.06 bits per heavy atom. The van der Waals surface area contributed by atoms with Gasteiger partial charge in [-0.05, 0) is 56.2 Å². The zero-order valence-corrected chi connectivity index (χ0v) is 20.8. The molecule has 0 spiro atoms. The highest BCUT2D eigenvalue weighted by Crippen LogP contribution is 2.32. The number of carbonyl (C=O) groups excluding carboxylic acids is 1. The van der Waals surface area contributed by atoms with Crippen molar-refractivity contribution in [1.29, 1.82) is 0 Å². The molecule has 0 unspecified atom stereocenters. The van der Waals surface area contributed by atoms with Gasteiger partial charge in [-0.25, -0.2) is 8.42 Å². The summed E-state index contributed by atoms with van der Waals surface area (Å²) < 4.78 is 39.3. The monoisotopic (exact) mass is 507 g/mol. The number of piperidine rings is 1. The zero-order chi connectivity index (χ0) is 24.1. The fourth-order valence-electron chi connectivity index (χ4n) is 4.14. The summed E-state index contributed by atoms with van der Waals surface area (Å²) in [6, 6.07) is 11.8. The molecule has 4 rings (SSSR count). The molecule has 2 fully saturated rings. The first-order valence-corrected chi connectivity index (χ1v) is 13.4. The molecule has 0 aliphatic carbocycles. The molecule has 1 atom stereocenters. The van der Waals surface area contributed by atoms with Gasteiger partial charge in [-0.1, -0.05) is 24.1 Å². The number of halogens is 1. The van der Waals surface area contributed by atoms with Gasteiger partial charge in [0.1, 0.15) is 5.75 Å². The van der Waals surface area contributed by atoms with Crippen molar-refractivity contribution < 1.29 is 22.7 Å². The lowest BCUT2D eigenvalue weighted by molar-refractivity contribution is -0.122. The van der Waals surface area contributed by atoms with Gasteiger partial charge in [0.2, 0.25) is 10.0 Å². The van der Waals surface area contributed by atoms with E-state index in [1.165, 1.54) is 4.31 Å². The Morgan fingerprint density at radius 2 is 1.79 bits per heavy atom. The van der Waals surface area contributed by atoms with Crippen LogP contribution in [0.4, 0.5) is 11.4 Å². The number of hydrogen-bond acceptors (Lipinski definition) is 6. The van der Waals surface area contributed by atoms with E-state index < -0.39 is 16.1 Å². The maximum atomic E-state index is 13.3. The van der Waals surface area contributed by atoms with Crippen molar-refractivity contribution in [2.75, 3.05) is 49.6 Å². The van der Waals surface area contributed by atoms with E-state index in [1.54, 1.807) is 49.4 Å². The van der Waals surface area contributed by atoms with E-state index in [1.807, 2.05) is 0 Å². The molecule has 2 aromatic carbocycles. The Hall–Kier alpha value is -2.33. The van der Waals surface area contributed by atoms with Crippen LogP contribution in [0.5, 0.6) is 5.75 Å². The number of anilines is 2. The molecule has 8 nitrogen and oxygen atoms in total. The highest BCUT2D eigenvalue weighted by Gasteiger charge is 2.28. The van der Waals surface area contributed by atoms with Crippen LogP contribution in [0.25, 0.3) is 0 Å². The lowest BCUT2D eigenvalue weighted by Crippen LogP contribution is -2.38. The van der Waals surface area contributed by atoms with Crippen molar-refractivity contribution in [2.24, 2.45) is 0 Å². The fourth-order valence-corrected chi connectivity index (χ4v) is 5.87. The Balaban J connectivity index is 1.59. The molecule has 2 heterocycles. The summed E-state index contributed by atoms with van der Waals surface area (Å²) >= 11 is 6.01. The van der Waals surface area contributed by atoms with Crippen LogP contribution in [-0.2, 0) is 19.6 Å². The number of amides is 1. The van der Waals surface area contributed by atoms with E-state index in [0.29, 0.717) is 55.9 Å². The third kappa shape index (κ3) is 5.83. The molecule has 0 saturated carbocycles. The summed E-state index contributed by atoms with van der Waals surface area (Å²) in [4.78, 5) is 15.3. The Labute approximate surface area is 205 Å². The average molecular weight is 508 g/mol. The van der Waals surface area contributed by atoms with Crippen molar-refractivity contribution in [3.63, 3.8) is 0 Å². The van der Waals surface area contributed by atoms with Gasteiger partial charge in [0.15, 0.2) is 6.10 Å². The molecule has 1 N–H and O–H groups in total. The minimum Gasteiger partial charge on any atom is -0.481 e. The number of carbonyl (C=O) groups is 1. The van der Waals surface area contributed by atoms with Crippen LogP contribution in [0.15, 0.2) is 47.4 Å². The van der Waals surface area contributed by atoms with Gasteiger partial charge >= 0.3 is 0 Å². The smallest absolute Gasteiger partial charge is 0.265 e. The molecule has 2 aliphatic heterocycles. The van der Waals surface area contributed by atoms with E-state index >= 15 is 0 Å². The normalized spacial score (nSPS) is 18.4. The quantitative estimate of drug-likeness (QED) is 0.614. The summed E-state index contributed by atoms with van der Waals surface area (Å²) in [5.74, 6) is 0.0898. The van der Waals surface area contributed by atoms with E-state index in [0.717, 1.165) is 24.9 Å². The first kappa shape index (κ1) is 24.8. The van der Waals surface area contributed by atoms with Gasteiger partial charge in [0, 0.05) is 31.2 Å². The van der Waals surface area contributed by atoms with Crippen LogP contribution in [0, 0.1) is 0 Å². The third-order valence-electron chi connectivity index (χ3n) is 6.01. The molecule has 0 aromatic heterocycles. The van der Waals surface area contributed by atoms with Crippen LogP contribution in [0.2, 0.25) is 5.02 Å². The Kier molecular flexibility index (Phi) is 7.98. The van der Waals surface area contributed by atoms with E-state index in [4.69, 9.17) is 21.1 Å². The highest BCUT2D eigenvalue weighted by molar-refractivity contribution is 7.89. The van der Waals surface area contributed by atoms with Crippen molar-refractivity contribution >= 4 is 38.9 Å². The number of morpholine rings is 1. The molecule has 0 radical (unpaired) electrons. The summed E-state index contributed by atoms with van der Waals surface area (Å²) in [5.41, 5.74) is 1.19. The molecular weight excluding hydrogens is 478 g/mol. The SMILES string of the molecule is C[C@@H](Oc1cccc(Cl)c1)C(=O)Nc1cc(S(=O)(=O)N2CCCCC2)ccc1N1CCOCC1. The number of ether oxygens (including phenoxy) is 2. The number of rotatable bonds is 7. The summed E-state index contributed by atoms with van der Waals surface area (Å²) in [6.45, 7) is 5.09. The van der Waals surface area contributed by atoms with Crippen LogP contribution in [0.1, 0.15) is 26.2 Å². The van der Waals surface area contributed by atoms with E-state index in [-0.39, 0.29) is 10.8 Å². The molecule has 1 amide bonds. The standard InChI is InChI=1S/C24H30ClN3O5S/c1-18(33-20-7-5-6-19(25)16-20)24(29)26-22-17-21(34(30,31)28-10-3-2-4-11-28)8-9-23(22)27-12-14-32-15-13-27/h5-9,16-18H,2-4,10-15H2,1H3,(H,26,29)/t18-/m1/s1. The first-order valence-electron chi connectivity index (χ1n) is 11.5. The molecule has 2 aliphatic rings. The van der Waals surface area contributed by atoms with Gasteiger partial charge in [-0.15, -0.1) is 0 Å². The average Bonchev–Trinajstić information content (AvgIpc) is 2.85. The second-order valence-corrected chi connectivity index (χ2v) is 10.8. The van der Waals surface area contributed by atoms with Gasteiger partial charge < -0.3 is 19.7 Å². The lowest BCUT2D eigenvalue weighted by atomic mass is 10.2. The molecule has 2 aromatic rings.